The molecule has 0 fully saturated rings. The van der Waals surface area contributed by atoms with E-state index < -0.39 is 24.3 Å². The number of rotatable bonds is 6. The minimum atomic E-state index is -0.767. The summed E-state index contributed by atoms with van der Waals surface area (Å²) in [7, 11) is 0. The van der Waals surface area contributed by atoms with Gasteiger partial charge in [-0.25, -0.2) is 9.59 Å². The normalized spacial score (nSPS) is 10.5. The molecule has 0 aliphatic heterocycles. The molecule has 0 aromatic carbocycles. The van der Waals surface area contributed by atoms with Crippen LogP contribution in [0, 0.1) is 13.8 Å². The second-order valence-electron chi connectivity index (χ2n) is 4.95. The van der Waals surface area contributed by atoms with Crippen molar-refractivity contribution in [3.05, 3.63) is 45.1 Å². The molecule has 2 rings (SSSR count). The first-order chi connectivity index (χ1) is 11.3. The zero-order valence-electron chi connectivity index (χ0n) is 13.4. The summed E-state index contributed by atoms with van der Waals surface area (Å²) in [6, 6.07) is 2.96. The first-order valence-electron chi connectivity index (χ1n) is 7.17. The van der Waals surface area contributed by atoms with Gasteiger partial charge in [0.25, 0.3) is 0 Å². The van der Waals surface area contributed by atoms with Gasteiger partial charge >= 0.3 is 11.9 Å². The minimum Gasteiger partial charge on any atom is -0.462 e. The van der Waals surface area contributed by atoms with Crippen LogP contribution in [-0.2, 0) is 9.47 Å². The zero-order chi connectivity index (χ0) is 17.9. The standard InChI is InChI=1S/C16H16BrNO6/c1-4-22-16(21)14-9(3)18-8(2)13(14)10(19)7-23-15(20)11-5-6-12(17)24-11/h5-6,18H,4,7H2,1-3H3. The molecule has 0 saturated carbocycles. The van der Waals surface area contributed by atoms with Crippen LogP contribution in [0.4, 0.5) is 0 Å². The lowest BCUT2D eigenvalue weighted by molar-refractivity contribution is 0.0441. The largest absolute Gasteiger partial charge is 0.462 e. The molecule has 0 aliphatic carbocycles. The highest BCUT2D eigenvalue weighted by Crippen LogP contribution is 2.21. The van der Waals surface area contributed by atoms with Gasteiger partial charge in [-0.1, -0.05) is 0 Å². The summed E-state index contributed by atoms with van der Waals surface area (Å²) < 4.78 is 15.4. The van der Waals surface area contributed by atoms with E-state index in [9.17, 15) is 14.4 Å². The summed E-state index contributed by atoms with van der Waals surface area (Å²) in [5.74, 6) is -1.89. The van der Waals surface area contributed by atoms with E-state index in [0.717, 1.165) is 0 Å². The van der Waals surface area contributed by atoms with Crippen LogP contribution in [0.3, 0.4) is 0 Å². The smallest absolute Gasteiger partial charge is 0.374 e. The fourth-order valence-corrected chi connectivity index (χ4v) is 2.59. The second-order valence-corrected chi connectivity index (χ2v) is 5.73. The van der Waals surface area contributed by atoms with E-state index in [1.807, 2.05) is 0 Å². The number of ether oxygens (including phenoxy) is 2. The Hall–Kier alpha value is -2.35. The van der Waals surface area contributed by atoms with E-state index in [-0.39, 0.29) is 23.5 Å². The van der Waals surface area contributed by atoms with Crippen LogP contribution in [0.15, 0.2) is 21.2 Å². The molecule has 128 valence electrons. The maximum Gasteiger partial charge on any atom is 0.374 e. The topological polar surface area (TPSA) is 98.6 Å². The number of hydrogen-bond acceptors (Lipinski definition) is 6. The summed E-state index contributed by atoms with van der Waals surface area (Å²) in [4.78, 5) is 39.2. The number of H-pyrrole nitrogens is 1. The molecule has 2 aromatic heterocycles. The Labute approximate surface area is 146 Å². The number of carbonyl (C=O) groups is 3. The van der Waals surface area contributed by atoms with Crippen molar-refractivity contribution in [2.24, 2.45) is 0 Å². The van der Waals surface area contributed by atoms with Gasteiger partial charge in [-0.2, -0.15) is 0 Å². The predicted octanol–water partition coefficient (Wildman–Crippen LogP) is 3.20. The molecular weight excluding hydrogens is 382 g/mol. The average Bonchev–Trinajstić information content (AvgIpc) is 3.07. The number of carbonyl (C=O) groups excluding carboxylic acids is 3. The molecular formula is C16H16BrNO6. The summed E-state index contributed by atoms with van der Waals surface area (Å²) in [6.45, 7) is 4.69. The van der Waals surface area contributed by atoms with Crippen LogP contribution < -0.4 is 0 Å². The molecule has 2 heterocycles. The number of Topliss-reactive ketones (excluding diaryl/α,β-unsaturated/α-hetero) is 1. The molecule has 0 aliphatic rings. The highest BCUT2D eigenvalue weighted by Gasteiger charge is 2.26. The zero-order valence-corrected chi connectivity index (χ0v) is 15.0. The number of furan rings is 1. The van der Waals surface area contributed by atoms with Crippen molar-refractivity contribution in [1.82, 2.24) is 4.98 Å². The number of aromatic amines is 1. The van der Waals surface area contributed by atoms with Crippen molar-refractivity contribution in [1.29, 1.82) is 0 Å². The monoisotopic (exact) mass is 397 g/mol. The number of esters is 2. The molecule has 24 heavy (non-hydrogen) atoms. The number of hydrogen-bond donors (Lipinski definition) is 1. The van der Waals surface area contributed by atoms with Crippen molar-refractivity contribution >= 4 is 33.7 Å². The molecule has 0 radical (unpaired) electrons. The third-order valence-electron chi connectivity index (χ3n) is 3.24. The molecule has 7 nitrogen and oxygen atoms in total. The molecule has 2 aromatic rings. The van der Waals surface area contributed by atoms with E-state index in [2.05, 4.69) is 20.9 Å². The lowest BCUT2D eigenvalue weighted by Crippen LogP contribution is -2.18. The number of aryl methyl sites for hydroxylation is 2. The third-order valence-corrected chi connectivity index (χ3v) is 3.67. The average molecular weight is 398 g/mol. The van der Waals surface area contributed by atoms with Gasteiger partial charge in [0.15, 0.2) is 11.3 Å². The number of nitrogens with one attached hydrogen (secondary N) is 1. The third kappa shape index (κ3) is 3.76. The van der Waals surface area contributed by atoms with E-state index in [4.69, 9.17) is 13.9 Å². The molecule has 0 atom stereocenters. The Balaban J connectivity index is 2.15. The number of ketones is 1. The van der Waals surface area contributed by atoms with Crippen molar-refractivity contribution in [2.45, 2.75) is 20.8 Å². The van der Waals surface area contributed by atoms with Gasteiger partial charge in [0.1, 0.15) is 0 Å². The van der Waals surface area contributed by atoms with Crippen LogP contribution in [-0.4, -0.2) is 35.9 Å². The van der Waals surface area contributed by atoms with Crippen LogP contribution in [0.25, 0.3) is 0 Å². The van der Waals surface area contributed by atoms with Crippen LogP contribution in [0.2, 0.25) is 0 Å². The van der Waals surface area contributed by atoms with Crippen molar-refractivity contribution in [3.63, 3.8) is 0 Å². The summed E-state index contributed by atoms with van der Waals surface area (Å²) in [5, 5.41) is 0. The Kier molecular flexibility index (Phi) is 5.61. The Bertz CT molecular complexity index is 789. The SMILES string of the molecule is CCOC(=O)c1c(C)[nH]c(C)c1C(=O)COC(=O)c1ccc(Br)o1. The maximum absolute atomic E-state index is 12.4. The van der Waals surface area contributed by atoms with Gasteiger partial charge in [0, 0.05) is 11.4 Å². The van der Waals surface area contributed by atoms with Gasteiger partial charge in [-0.3, -0.25) is 4.79 Å². The van der Waals surface area contributed by atoms with Gasteiger partial charge in [0.05, 0.1) is 17.7 Å². The quantitative estimate of drug-likeness (QED) is 0.593. The summed E-state index contributed by atoms with van der Waals surface area (Å²) in [6.07, 6.45) is 0. The van der Waals surface area contributed by atoms with E-state index in [1.165, 1.54) is 12.1 Å². The lowest BCUT2D eigenvalue weighted by Gasteiger charge is -2.06. The Morgan fingerprint density at radius 3 is 2.33 bits per heavy atom. The predicted molar refractivity (Wildman–Crippen MR) is 87.2 cm³/mol. The Morgan fingerprint density at radius 2 is 1.75 bits per heavy atom. The first-order valence-corrected chi connectivity index (χ1v) is 7.96. The highest BCUT2D eigenvalue weighted by molar-refractivity contribution is 9.10. The van der Waals surface area contributed by atoms with Crippen molar-refractivity contribution < 1.29 is 28.3 Å². The Morgan fingerprint density at radius 1 is 1.08 bits per heavy atom. The molecule has 0 saturated heterocycles. The van der Waals surface area contributed by atoms with Gasteiger partial charge in [0.2, 0.25) is 11.5 Å². The molecule has 0 amide bonds. The summed E-state index contributed by atoms with van der Waals surface area (Å²) >= 11 is 3.07. The molecule has 0 bridgehead atoms. The first kappa shape index (κ1) is 18.0. The van der Waals surface area contributed by atoms with E-state index in [1.54, 1.807) is 20.8 Å². The van der Waals surface area contributed by atoms with Crippen LogP contribution in [0.5, 0.6) is 0 Å². The van der Waals surface area contributed by atoms with Crippen LogP contribution in [0.1, 0.15) is 49.6 Å². The van der Waals surface area contributed by atoms with Gasteiger partial charge in [-0.15, -0.1) is 0 Å². The number of halogens is 1. The fourth-order valence-electron chi connectivity index (χ4n) is 2.29. The van der Waals surface area contributed by atoms with Crippen molar-refractivity contribution in [3.8, 4) is 0 Å². The van der Waals surface area contributed by atoms with E-state index in [0.29, 0.717) is 16.1 Å². The fraction of sp³-hybridized carbons (Fsp3) is 0.312. The van der Waals surface area contributed by atoms with Crippen LogP contribution >= 0.6 is 15.9 Å². The number of aromatic nitrogens is 1. The lowest BCUT2D eigenvalue weighted by atomic mass is 10.1. The van der Waals surface area contributed by atoms with E-state index >= 15 is 0 Å². The summed E-state index contributed by atoms with van der Waals surface area (Å²) in [5.41, 5.74) is 1.36. The minimum absolute atomic E-state index is 0.0257. The molecule has 1 N–H and O–H groups in total. The van der Waals surface area contributed by atoms with Gasteiger partial charge in [-0.05, 0) is 48.8 Å². The highest BCUT2D eigenvalue weighted by atomic mass is 79.9. The molecule has 0 unspecified atom stereocenters. The molecule has 0 spiro atoms. The second kappa shape index (κ2) is 7.48. The van der Waals surface area contributed by atoms with Gasteiger partial charge < -0.3 is 18.9 Å². The maximum atomic E-state index is 12.4. The molecule has 8 heteroatoms. The van der Waals surface area contributed by atoms with Crippen molar-refractivity contribution in [2.75, 3.05) is 13.2 Å².